The summed E-state index contributed by atoms with van der Waals surface area (Å²) in [5, 5.41) is 3.51. The zero-order chi connectivity index (χ0) is 15.9. The van der Waals surface area contributed by atoms with Gasteiger partial charge in [0.25, 0.3) is 4.70 Å². The second-order valence-electron chi connectivity index (χ2n) is 4.28. The Morgan fingerprint density at radius 3 is 2.33 bits per heavy atom. The fraction of sp³-hybridized carbons (Fsp3) is 0.0833. The second-order valence-corrected chi connectivity index (χ2v) is 49.5. The molecule has 0 unspecified atom stereocenters. The van der Waals surface area contributed by atoms with E-state index in [0.29, 0.717) is 0 Å². The van der Waals surface area contributed by atoms with Gasteiger partial charge in [-0.25, -0.2) is 0 Å². The third-order valence-electron chi connectivity index (χ3n) is 2.39. The van der Waals surface area contributed by atoms with Crippen molar-refractivity contribution in [3.8, 4) is 0 Å². The van der Waals surface area contributed by atoms with Crippen LogP contribution in [0.1, 0.15) is 5.56 Å². The molecule has 2 heterocycles. The molecule has 0 fully saturated rings. The first-order valence-electron chi connectivity index (χ1n) is 5.59. The van der Waals surface area contributed by atoms with Crippen molar-refractivity contribution >= 4 is 114 Å². The van der Waals surface area contributed by atoms with Gasteiger partial charge in [-0.15, -0.1) is 11.3 Å². The SMILES string of the molecule is Cc1ccc2[s+]c3c(Br)csc3cc2c1.[Cl][Sn-]([Cl])([Cl])([Cl])[Cl]. The molecule has 0 saturated heterocycles. The van der Waals surface area contributed by atoms with Crippen LogP contribution in [-0.2, 0) is 0 Å². The van der Waals surface area contributed by atoms with Gasteiger partial charge in [0.2, 0.25) is 16.0 Å². The van der Waals surface area contributed by atoms with Crippen LogP contribution < -0.4 is 0 Å². The number of aryl methyl sites for hydroxylation is 1. The molecule has 9 heteroatoms. The average Bonchev–Trinajstić information content (AvgIpc) is 2.65. The quantitative estimate of drug-likeness (QED) is 0.181. The van der Waals surface area contributed by atoms with Crippen molar-refractivity contribution in [2.24, 2.45) is 0 Å². The van der Waals surface area contributed by atoms with E-state index in [1.54, 1.807) is 11.3 Å². The summed E-state index contributed by atoms with van der Waals surface area (Å²) in [6.45, 7) is 2.14. The molecule has 21 heavy (non-hydrogen) atoms. The van der Waals surface area contributed by atoms with E-state index in [9.17, 15) is 0 Å². The summed E-state index contributed by atoms with van der Waals surface area (Å²) in [7, 11) is 25.3. The van der Waals surface area contributed by atoms with Gasteiger partial charge < -0.3 is 0 Å². The van der Waals surface area contributed by atoms with Crippen molar-refractivity contribution in [3.63, 3.8) is 0 Å². The predicted octanol–water partition coefficient (Wildman–Crippen LogP) is 8.53. The van der Waals surface area contributed by atoms with E-state index < -0.39 is 11.4 Å². The fourth-order valence-corrected chi connectivity index (χ4v) is 4.54. The van der Waals surface area contributed by atoms with E-state index in [0.717, 1.165) is 0 Å². The first-order valence-corrected chi connectivity index (χ1v) is 26.1. The molecule has 0 amide bonds. The summed E-state index contributed by atoms with van der Waals surface area (Å²) < 4.78 is 5.29. The van der Waals surface area contributed by atoms with Gasteiger partial charge >= 0.3 is 56.0 Å². The van der Waals surface area contributed by atoms with Crippen molar-refractivity contribution in [2.75, 3.05) is 0 Å². The molecular weight excluding hydrogens is 584 g/mol. The molecule has 0 spiro atoms. The molecule has 0 saturated carbocycles. The molecular formula is C12H8BrCl5S2Sn. The predicted molar refractivity (Wildman–Crippen MR) is 109 cm³/mol. The van der Waals surface area contributed by atoms with Gasteiger partial charge in [0, 0.05) is 16.8 Å². The average molecular weight is 592 g/mol. The van der Waals surface area contributed by atoms with Crippen LogP contribution >= 0.6 is 83.2 Å². The Bertz CT molecular complexity index is 793. The zero-order valence-electron chi connectivity index (χ0n) is 10.5. The number of hydrogen-bond acceptors (Lipinski definition) is 1. The molecule has 0 aliphatic rings. The van der Waals surface area contributed by atoms with Crippen LogP contribution in [-0.4, -0.2) is 11.4 Å². The molecule has 0 radical (unpaired) electrons. The van der Waals surface area contributed by atoms with E-state index in [1.165, 1.54) is 29.5 Å². The van der Waals surface area contributed by atoms with Gasteiger partial charge in [-0.2, -0.15) is 0 Å². The van der Waals surface area contributed by atoms with Crippen LogP contribution in [0, 0.1) is 6.92 Å². The van der Waals surface area contributed by atoms with E-state index in [2.05, 4.69) is 52.5 Å². The maximum atomic E-state index is 5.06. The first kappa shape index (κ1) is 19.1. The van der Waals surface area contributed by atoms with Gasteiger partial charge in [-0.3, -0.25) is 0 Å². The summed E-state index contributed by atoms with van der Waals surface area (Å²) in [6.07, 6.45) is 0. The Morgan fingerprint density at radius 1 is 1.10 bits per heavy atom. The van der Waals surface area contributed by atoms with Crippen LogP contribution in [0.15, 0.2) is 34.1 Å². The Hall–Kier alpha value is 1.74. The third-order valence-corrected chi connectivity index (χ3v) is 5.88. The maximum absolute atomic E-state index is 5.06. The van der Waals surface area contributed by atoms with Gasteiger partial charge in [-0.1, -0.05) is 11.6 Å². The summed E-state index contributed by atoms with van der Waals surface area (Å²) in [5.74, 6) is 0. The molecule has 2 aromatic heterocycles. The minimum absolute atomic E-state index is 1.22. The van der Waals surface area contributed by atoms with Crippen LogP contribution in [0.3, 0.4) is 0 Å². The summed E-state index contributed by atoms with van der Waals surface area (Å²) in [6, 6.07) is 8.91. The monoisotopic (exact) mass is 590 g/mol. The molecule has 0 bridgehead atoms. The number of hydrogen-bond donors (Lipinski definition) is 0. The minimum atomic E-state index is -4.40. The topological polar surface area (TPSA) is 0 Å². The zero-order valence-corrected chi connectivity index (χ0v) is 20.3. The molecule has 0 atom stereocenters. The normalized spacial score (nSPS) is 13.6. The van der Waals surface area contributed by atoms with Gasteiger partial charge in [0.1, 0.15) is 0 Å². The molecule has 0 aliphatic heterocycles. The first-order chi connectivity index (χ1) is 9.47. The molecule has 114 valence electrons. The molecule has 3 aromatic rings. The standard InChI is InChI=1S/C12H8BrS2.5ClH.Sn/c1-7-2-3-10-8(4-7)5-11-12(15-10)9(13)6-14-11;;;;;;/h2-6H,1H3;5*1H;/q+1;;;;;;+4/p-5. The number of benzene rings is 1. The molecule has 3 rings (SSSR count). The van der Waals surface area contributed by atoms with Gasteiger partial charge in [0.15, 0.2) is 0 Å². The van der Waals surface area contributed by atoms with E-state index in [-0.39, 0.29) is 0 Å². The Labute approximate surface area is 158 Å². The van der Waals surface area contributed by atoms with Crippen molar-refractivity contribution in [2.45, 2.75) is 6.92 Å². The Kier molecular flexibility index (Phi) is 6.29. The van der Waals surface area contributed by atoms with Crippen molar-refractivity contribution in [3.05, 3.63) is 39.7 Å². The summed E-state index contributed by atoms with van der Waals surface area (Å²) in [4.78, 5) is 0. The molecule has 0 N–H and O–H groups in total. The summed E-state index contributed by atoms with van der Waals surface area (Å²) in [5.41, 5.74) is 1.32. The number of halogens is 6. The van der Waals surface area contributed by atoms with Crippen LogP contribution in [0.25, 0.3) is 19.5 Å². The number of thiophene rings is 1. The van der Waals surface area contributed by atoms with Crippen LogP contribution in [0.2, 0.25) is 0 Å². The second kappa shape index (κ2) is 6.93. The van der Waals surface area contributed by atoms with Crippen LogP contribution in [0.5, 0.6) is 0 Å². The van der Waals surface area contributed by atoms with Gasteiger partial charge in [-0.05, 0) is 35.0 Å². The number of rotatable bonds is 0. The van der Waals surface area contributed by atoms with Gasteiger partial charge in [0.05, 0.1) is 9.17 Å². The molecule has 0 aliphatic carbocycles. The van der Waals surface area contributed by atoms with E-state index >= 15 is 0 Å². The Balaban J connectivity index is 0.000000232. The fourth-order valence-electron chi connectivity index (χ4n) is 1.66. The van der Waals surface area contributed by atoms with Crippen molar-refractivity contribution < 1.29 is 0 Å². The van der Waals surface area contributed by atoms with E-state index in [1.807, 2.05) is 11.3 Å². The molecule has 0 nitrogen and oxygen atoms in total. The summed E-state index contributed by atoms with van der Waals surface area (Å²) >= 11 is 2.84. The number of fused-ring (bicyclic) bond motifs is 2. The molecule has 1 aromatic carbocycles. The van der Waals surface area contributed by atoms with Crippen molar-refractivity contribution in [1.29, 1.82) is 0 Å². The van der Waals surface area contributed by atoms with Crippen molar-refractivity contribution in [1.82, 2.24) is 0 Å². The third kappa shape index (κ3) is 6.63. The van der Waals surface area contributed by atoms with E-state index in [4.69, 9.17) is 44.6 Å². The van der Waals surface area contributed by atoms with Crippen LogP contribution in [0.4, 0.5) is 0 Å². The Morgan fingerprint density at radius 2 is 1.71 bits per heavy atom.